The van der Waals surface area contributed by atoms with Gasteiger partial charge in [-0.15, -0.1) is 0 Å². The average molecular weight is 282 g/mol. The highest BCUT2D eigenvalue weighted by Gasteiger charge is 2.04. The van der Waals surface area contributed by atoms with E-state index in [4.69, 9.17) is 0 Å². The minimum Gasteiger partial charge on any atom is -0.384 e. The number of carbonyl (C=O) groups excluding carboxylic acids is 1. The minimum atomic E-state index is 0.0356. The van der Waals surface area contributed by atoms with Crippen molar-refractivity contribution in [1.29, 1.82) is 0 Å². The molecular formula is C18H22N2O. The van der Waals surface area contributed by atoms with Gasteiger partial charge in [-0.3, -0.25) is 4.79 Å². The molecule has 2 aromatic rings. The maximum Gasteiger partial charge on any atom is 0.224 e. The van der Waals surface area contributed by atoms with Gasteiger partial charge >= 0.3 is 0 Å². The summed E-state index contributed by atoms with van der Waals surface area (Å²) in [4.78, 5) is 11.3. The van der Waals surface area contributed by atoms with Crippen LogP contribution in [0.15, 0.2) is 54.6 Å². The standard InChI is InChI=1S/C18H22N2O/c1-3-18(21)20-17-11-9-16(10-12-17)19-13-14(2)15-7-5-4-6-8-15/h4-12,14,19H,3,13H2,1-2H3,(H,20,21). The Morgan fingerprint density at radius 2 is 1.62 bits per heavy atom. The zero-order valence-corrected chi connectivity index (χ0v) is 12.6. The largest absolute Gasteiger partial charge is 0.384 e. The topological polar surface area (TPSA) is 41.1 Å². The van der Waals surface area contributed by atoms with Crippen LogP contribution < -0.4 is 10.6 Å². The lowest BCUT2D eigenvalue weighted by Crippen LogP contribution is -2.11. The van der Waals surface area contributed by atoms with Gasteiger partial charge in [0.05, 0.1) is 0 Å². The minimum absolute atomic E-state index is 0.0356. The van der Waals surface area contributed by atoms with Crippen LogP contribution >= 0.6 is 0 Å². The number of carbonyl (C=O) groups is 1. The number of amides is 1. The van der Waals surface area contributed by atoms with Crippen molar-refractivity contribution in [3.05, 3.63) is 60.2 Å². The van der Waals surface area contributed by atoms with Gasteiger partial charge in [-0.1, -0.05) is 44.2 Å². The molecule has 0 fully saturated rings. The van der Waals surface area contributed by atoms with Crippen molar-refractivity contribution in [3.8, 4) is 0 Å². The summed E-state index contributed by atoms with van der Waals surface area (Å²) in [6, 6.07) is 18.3. The molecule has 21 heavy (non-hydrogen) atoms. The van der Waals surface area contributed by atoms with E-state index < -0.39 is 0 Å². The van der Waals surface area contributed by atoms with Crippen molar-refractivity contribution in [2.24, 2.45) is 0 Å². The van der Waals surface area contributed by atoms with Crippen LogP contribution in [0, 0.1) is 0 Å². The van der Waals surface area contributed by atoms with Crippen LogP contribution in [0.5, 0.6) is 0 Å². The maximum absolute atomic E-state index is 11.3. The lowest BCUT2D eigenvalue weighted by Gasteiger charge is -2.14. The molecule has 2 N–H and O–H groups in total. The highest BCUT2D eigenvalue weighted by Crippen LogP contribution is 2.18. The summed E-state index contributed by atoms with van der Waals surface area (Å²) in [6.07, 6.45) is 0.495. The summed E-state index contributed by atoms with van der Waals surface area (Å²) in [7, 11) is 0. The lowest BCUT2D eigenvalue weighted by atomic mass is 10.0. The first-order valence-electron chi connectivity index (χ1n) is 7.37. The first kappa shape index (κ1) is 15.1. The Morgan fingerprint density at radius 3 is 2.24 bits per heavy atom. The Balaban J connectivity index is 1.87. The molecule has 0 aliphatic rings. The smallest absolute Gasteiger partial charge is 0.224 e. The summed E-state index contributed by atoms with van der Waals surface area (Å²) in [5, 5.41) is 6.27. The first-order valence-corrected chi connectivity index (χ1v) is 7.37. The van der Waals surface area contributed by atoms with Crippen molar-refractivity contribution in [1.82, 2.24) is 0 Å². The van der Waals surface area contributed by atoms with E-state index in [0.717, 1.165) is 17.9 Å². The van der Waals surface area contributed by atoms with E-state index in [-0.39, 0.29) is 5.91 Å². The molecular weight excluding hydrogens is 260 g/mol. The van der Waals surface area contributed by atoms with E-state index in [9.17, 15) is 4.79 Å². The van der Waals surface area contributed by atoms with Crippen LogP contribution in [0.3, 0.4) is 0 Å². The molecule has 3 heteroatoms. The molecule has 3 nitrogen and oxygen atoms in total. The summed E-state index contributed by atoms with van der Waals surface area (Å²) in [6.45, 7) is 4.93. The highest BCUT2D eigenvalue weighted by molar-refractivity contribution is 5.90. The molecule has 0 aliphatic carbocycles. The Bertz CT molecular complexity index is 564. The Labute approximate surface area is 126 Å². The number of hydrogen-bond donors (Lipinski definition) is 2. The Kier molecular flexibility index (Phi) is 5.38. The van der Waals surface area contributed by atoms with E-state index in [0.29, 0.717) is 12.3 Å². The van der Waals surface area contributed by atoms with Crippen molar-refractivity contribution in [2.75, 3.05) is 17.2 Å². The van der Waals surface area contributed by atoms with Crippen molar-refractivity contribution >= 4 is 17.3 Å². The highest BCUT2D eigenvalue weighted by atomic mass is 16.1. The van der Waals surface area contributed by atoms with Crippen molar-refractivity contribution < 1.29 is 4.79 Å². The van der Waals surface area contributed by atoms with Gasteiger partial charge in [0.25, 0.3) is 0 Å². The van der Waals surface area contributed by atoms with Crippen LogP contribution in [0.4, 0.5) is 11.4 Å². The fraction of sp³-hybridized carbons (Fsp3) is 0.278. The third-order valence-electron chi connectivity index (χ3n) is 3.47. The number of anilines is 2. The van der Waals surface area contributed by atoms with Crippen LogP contribution in [-0.4, -0.2) is 12.5 Å². The molecule has 0 saturated carbocycles. The zero-order chi connectivity index (χ0) is 15.1. The molecule has 110 valence electrons. The molecule has 0 saturated heterocycles. The number of rotatable bonds is 6. The van der Waals surface area contributed by atoms with Crippen molar-refractivity contribution in [2.45, 2.75) is 26.2 Å². The monoisotopic (exact) mass is 282 g/mol. The summed E-state index contributed by atoms with van der Waals surface area (Å²) in [5.41, 5.74) is 3.23. The zero-order valence-electron chi connectivity index (χ0n) is 12.6. The molecule has 1 atom stereocenters. The van der Waals surface area contributed by atoms with Gasteiger partial charge in [-0.05, 0) is 35.7 Å². The van der Waals surface area contributed by atoms with E-state index in [1.54, 1.807) is 0 Å². The molecule has 0 heterocycles. The normalized spacial score (nSPS) is 11.7. The summed E-state index contributed by atoms with van der Waals surface area (Å²) in [5.74, 6) is 0.485. The summed E-state index contributed by atoms with van der Waals surface area (Å²) >= 11 is 0. The van der Waals surface area contributed by atoms with Crippen LogP contribution in [0.2, 0.25) is 0 Å². The van der Waals surface area contributed by atoms with Crippen LogP contribution in [0.1, 0.15) is 31.7 Å². The molecule has 0 aliphatic heterocycles. The van der Waals surface area contributed by atoms with Crippen LogP contribution in [-0.2, 0) is 4.79 Å². The van der Waals surface area contributed by atoms with Gasteiger partial charge in [0.15, 0.2) is 0 Å². The molecule has 2 rings (SSSR count). The van der Waals surface area contributed by atoms with E-state index in [2.05, 4.69) is 41.8 Å². The second-order valence-corrected chi connectivity index (χ2v) is 5.17. The first-order chi connectivity index (χ1) is 10.2. The summed E-state index contributed by atoms with van der Waals surface area (Å²) < 4.78 is 0. The van der Waals surface area contributed by atoms with Gasteiger partial charge in [0, 0.05) is 24.3 Å². The number of nitrogens with one attached hydrogen (secondary N) is 2. The van der Waals surface area contributed by atoms with Gasteiger partial charge in [-0.25, -0.2) is 0 Å². The van der Waals surface area contributed by atoms with E-state index in [1.165, 1.54) is 5.56 Å². The fourth-order valence-corrected chi connectivity index (χ4v) is 2.09. The number of benzene rings is 2. The van der Waals surface area contributed by atoms with Crippen LogP contribution in [0.25, 0.3) is 0 Å². The Hall–Kier alpha value is -2.29. The van der Waals surface area contributed by atoms with Gasteiger partial charge < -0.3 is 10.6 Å². The average Bonchev–Trinajstić information content (AvgIpc) is 2.54. The number of hydrogen-bond acceptors (Lipinski definition) is 2. The molecule has 1 amide bonds. The molecule has 0 aromatic heterocycles. The van der Waals surface area contributed by atoms with Gasteiger partial charge in [0.1, 0.15) is 0 Å². The van der Waals surface area contributed by atoms with E-state index >= 15 is 0 Å². The maximum atomic E-state index is 11.3. The molecule has 0 spiro atoms. The predicted octanol–water partition coefficient (Wildman–Crippen LogP) is 4.25. The van der Waals surface area contributed by atoms with Gasteiger partial charge in [0.2, 0.25) is 5.91 Å². The lowest BCUT2D eigenvalue weighted by molar-refractivity contribution is -0.115. The van der Waals surface area contributed by atoms with Crippen molar-refractivity contribution in [3.63, 3.8) is 0 Å². The second kappa shape index (κ2) is 7.48. The molecule has 2 aromatic carbocycles. The quantitative estimate of drug-likeness (QED) is 0.831. The second-order valence-electron chi connectivity index (χ2n) is 5.17. The fourth-order valence-electron chi connectivity index (χ4n) is 2.09. The molecule has 1 unspecified atom stereocenters. The Morgan fingerprint density at radius 1 is 1.00 bits per heavy atom. The van der Waals surface area contributed by atoms with Gasteiger partial charge in [-0.2, -0.15) is 0 Å². The predicted molar refractivity (Wildman–Crippen MR) is 88.7 cm³/mol. The third-order valence-corrected chi connectivity index (χ3v) is 3.47. The molecule has 0 radical (unpaired) electrons. The van der Waals surface area contributed by atoms with E-state index in [1.807, 2.05) is 37.3 Å². The molecule has 0 bridgehead atoms. The third kappa shape index (κ3) is 4.63. The SMILES string of the molecule is CCC(=O)Nc1ccc(NCC(C)c2ccccc2)cc1.